The summed E-state index contributed by atoms with van der Waals surface area (Å²) in [6.45, 7) is 2.57. The van der Waals surface area contributed by atoms with Gasteiger partial charge in [-0.15, -0.1) is 11.8 Å². The first-order valence-electron chi connectivity index (χ1n) is 10.2. The van der Waals surface area contributed by atoms with Gasteiger partial charge in [-0.2, -0.15) is 0 Å². The summed E-state index contributed by atoms with van der Waals surface area (Å²) in [5, 5.41) is 0. The van der Waals surface area contributed by atoms with E-state index in [4.69, 9.17) is 0 Å². The van der Waals surface area contributed by atoms with Crippen LogP contribution in [0.4, 0.5) is 10.1 Å². The Hall–Kier alpha value is -3.12. The van der Waals surface area contributed by atoms with E-state index in [9.17, 15) is 14.0 Å². The number of fused-ring (bicyclic) bond motifs is 2. The number of hydrogen-bond donors (Lipinski definition) is 0. The highest BCUT2D eigenvalue weighted by atomic mass is 32.2. The maximum absolute atomic E-state index is 14.4. The van der Waals surface area contributed by atoms with E-state index >= 15 is 0 Å². The van der Waals surface area contributed by atoms with Crippen LogP contribution in [-0.2, 0) is 16.2 Å². The highest BCUT2D eigenvalue weighted by Gasteiger charge is 2.59. The predicted molar refractivity (Wildman–Crippen MR) is 120 cm³/mol. The number of carbonyl (C=O) groups is 2. The Morgan fingerprint density at radius 2 is 1.74 bits per heavy atom. The van der Waals surface area contributed by atoms with Crippen LogP contribution in [0, 0.1) is 12.7 Å². The molecule has 3 aromatic carbocycles. The monoisotopic (exact) mass is 432 g/mol. The van der Waals surface area contributed by atoms with Crippen LogP contribution in [0.5, 0.6) is 0 Å². The van der Waals surface area contributed by atoms with Crippen LogP contribution < -0.4 is 4.90 Å². The van der Waals surface area contributed by atoms with Gasteiger partial charge in [0.15, 0.2) is 4.87 Å². The second kappa shape index (κ2) is 7.54. The molecule has 156 valence electrons. The first-order chi connectivity index (χ1) is 15.0. The number of para-hydroxylation sites is 1. The number of aryl methyl sites for hydroxylation is 1. The van der Waals surface area contributed by atoms with Crippen LogP contribution in [0.25, 0.3) is 0 Å². The number of benzene rings is 3. The van der Waals surface area contributed by atoms with Gasteiger partial charge in [-0.1, -0.05) is 54.1 Å². The molecule has 3 aromatic rings. The van der Waals surface area contributed by atoms with Crippen molar-refractivity contribution < 1.29 is 14.0 Å². The van der Waals surface area contributed by atoms with Gasteiger partial charge in [0.05, 0.1) is 12.2 Å². The fraction of sp³-hybridized carbons (Fsp3) is 0.200. The summed E-state index contributed by atoms with van der Waals surface area (Å²) in [5.41, 5.74) is 3.60. The third kappa shape index (κ3) is 3.05. The zero-order valence-electron chi connectivity index (χ0n) is 17.0. The minimum atomic E-state index is -1.12. The van der Waals surface area contributed by atoms with E-state index in [1.54, 1.807) is 40.1 Å². The van der Waals surface area contributed by atoms with Gasteiger partial charge in [0.25, 0.3) is 11.8 Å². The second-order valence-corrected chi connectivity index (χ2v) is 9.10. The van der Waals surface area contributed by atoms with Gasteiger partial charge < -0.3 is 9.80 Å². The van der Waals surface area contributed by atoms with Gasteiger partial charge in [0.1, 0.15) is 5.82 Å². The van der Waals surface area contributed by atoms with Gasteiger partial charge in [0, 0.05) is 29.0 Å². The Morgan fingerprint density at radius 3 is 2.52 bits per heavy atom. The van der Waals surface area contributed by atoms with Crippen molar-refractivity contribution in [2.24, 2.45) is 0 Å². The Balaban J connectivity index is 1.58. The van der Waals surface area contributed by atoms with Gasteiger partial charge >= 0.3 is 0 Å². The summed E-state index contributed by atoms with van der Waals surface area (Å²) in [4.78, 5) is 29.5. The van der Waals surface area contributed by atoms with Crippen LogP contribution in [0.1, 0.15) is 27.0 Å². The van der Waals surface area contributed by atoms with Gasteiger partial charge in [-0.3, -0.25) is 9.59 Å². The standard InChI is InChI=1S/C25H21FN2O2S/c1-17-10-12-18(13-11-17)23(29)28-14-15-31-25(28)20-7-3-5-9-22(20)27(24(25)30)16-19-6-2-4-8-21(19)26/h2-13H,14-16H2,1H3. The zero-order valence-corrected chi connectivity index (χ0v) is 17.9. The van der Waals surface area contributed by atoms with E-state index < -0.39 is 4.87 Å². The largest absolute Gasteiger partial charge is 0.311 e. The summed E-state index contributed by atoms with van der Waals surface area (Å²) in [7, 11) is 0. The maximum Gasteiger partial charge on any atom is 0.268 e. The fourth-order valence-corrected chi connectivity index (χ4v) is 5.83. The molecule has 4 nitrogen and oxygen atoms in total. The summed E-state index contributed by atoms with van der Waals surface area (Å²) in [6, 6.07) is 21.4. The summed E-state index contributed by atoms with van der Waals surface area (Å²) in [5.74, 6) is -0.0493. The van der Waals surface area contributed by atoms with Gasteiger partial charge in [0.2, 0.25) is 0 Å². The molecule has 2 aliphatic rings. The Kier molecular flexibility index (Phi) is 4.82. The summed E-state index contributed by atoms with van der Waals surface area (Å²) < 4.78 is 14.4. The van der Waals surface area contributed by atoms with Crippen molar-refractivity contribution in [1.29, 1.82) is 0 Å². The Morgan fingerprint density at radius 1 is 1.03 bits per heavy atom. The molecule has 1 fully saturated rings. The normalized spacial score (nSPS) is 19.9. The molecule has 2 heterocycles. The average molecular weight is 433 g/mol. The third-order valence-electron chi connectivity index (χ3n) is 5.93. The van der Waals surface area contributed by atoms with Crippen LogP contribution in [0.2, 0.25) is 0 Å². The molecule has 2 amide bonds. The van der Waals surface area contributed by atoms with E-state index in [0.29, 0.717) is 23.4 Å². The Labute approximate surface area is 184 Å². The average Bonchev–Trinajstić information content (AvgIpc) is 3.32. The molecule has 1 unspecified atom stereocenters. The van der Waals surface area contributed by atoms with E-state index in [1.807, 2.05) is 43.3 Å². The lowest BCUT2D eigenvalue weighted by molar-refractivity contribution is -0.123. The predicted octanol–water partition coefficient (Wildman–Crippen LogP) is 4.72. The minimum Gasteiger partial charge on any atom is -0.311 e. The quantitative estimate of drug-likeness (QED) is 0.601. The topological polar surface area (TPSA) is 40.6 Å². The van der Waals surface area contributed by atoms with Crippen molar-refractivity contribution in [3.8, 4) is 0 Å². The number of hydrogen-bond acceptors (Lipinski definition) is 3. The maximum atomic E-state index is 14.4. The van der Waals surface area contributed by atoms with Crippen molar-refractivity contribution in [3.05, 3.63) is 101 Å². The van der Waals surface area contributed by atoms with E-state index in [1.165, 1.54) is 17.8 Å². The van der Waals surface area contributed by atoms with Crippen molar-refractivity contribution in [3.63, 3.8) is 0 Å². The molecular weight excluding hydrogens is 411 g/mol. The number of thioether (sulfide) groups is 1. The first kappa shape index (κ1) is 19.8. The van der Waals surface area contributed by atoms with Crippen LogP contribution in [-0.4, -0.2) is 29.0 Å². The van der Waals surface area contributed by atoms with Crippen molar-refractivity contribution in [2.75, 3.05) is 17.2 Å². The highest BCUT2D eigenvalue weighted by Crippen LogP contribution is 2.54. The van der Waals surface area contributed by atoms with Crippen LogP contribution in [0.3, 0.4) is 0 Å². The summed E-state index contributed by atoms with van der Waals surface area (Å²) in [6.07, 6.45) is 0. The minimum absolute atomic E-state index is 0.122. The summed E-state index contributed by atoms with van der Waals surface area (Å²) >= 11 is 1.48. The molecular formula is C25H21FN2O2S. The molecule has 0 bridgehead atoms. The Bertz CT molecular complexity index is 1180. The number of amides is 2. The van der Waals surface area contributed by atoms with E-state index in [0.717, 1.165) is 16.8 Å². The highest BCUT2D eigenvalue weighted by molar-refractivity contribution is 8.01. The van der Waals surface area contributed by atoms with E-state index in [2.05, 4.69) is 0 Å². The van der Waals surface area contributed by atoms with Crippen molar-refractivity contribution >= 4 is 29.3 Å². The molecule has 0 saturated carbocycles. The number of carbonyl (C=O) groups excluding carboxylic acids is 2. The van der Waals surface area contributed by atoms with Gasteiger partial charge in [-0.05, 0) is 31.2 Å². The van der Waals surface area contributed by atoms with Gasteiger partial charge in [-0.25, -0.2) is 4.39 Å². The van der Waals surface area contributed by atoms with Crippen molar-refractivity contribution in [2.45, 2.75) is 18.3 Å². The van der Waals surface area contributed by atoms with E-state index in [-0.39, 0.29) is 24.2 Å². The lowest BCUT2D eigenvalue weighted by Gasteiger charge is -2.33. The molecule has 0 N–H and O–H groups in total. The molecule has 6 heteroatoms. The first-order valence-corrected chi connectivity index (χ1v) is 11.2. The van der Waals surface area contributed by atoms with Crippen LogP contribution in [0.15, 0.2) is 72.8 Å². The number of anilines is 1. The lowest BCUT2D eigenvalue weighted by Crippen LogP contribution is -2.50. The molecule has 0 aromatic heterocycles. The fourth-order valence-electron chi connectivity index (χ4n) is 4.37. The number of halogens is 1. The number of nitrogens with zero attached hydrogens (tertiary/aromatic N) is 2. The molecule has 1 spiro atoms. The molecule has 5 rings (SSSR count). The molecule has 0 radical (unpaired) electrons. The third-order valence-corrected chi connectivity index (χ3v) is 7.35. The molecule has 0 aliphatic carbocycles. The molecule has 1 saturated heterocycles. The van der Waals surface area contributed by atoms with Crippen LogP contribution >= 0.6 is 11.8 Å². The molecule has 31 heavy (non-hydrogen) atoms. The SMILES string of the molecule is Cc1ccc(C(=O)N2CCSC23C(=O)N(Cc2ccccc2F)c2ccccc23)cc1. The second-order valence-electron chi connectivity index (χ2n) is 7.82. The molecule has 2 aliphatic heterocycles. The van der Waals surface area contributed by atoms with Crippen molar-refractivity contribution in [1.82, 2.24) is 4.90 Å². The smallest absolute Gasteiger partial charge is 0.268 e. The number of rotatable bonds is 3. The zero-order chi connectivity index (χ0) is 21.6. The lowest BCUT2D eigenvalue weighted by atomic mass is 10.0. The molecule has 1 atom stereocenters.